The summed E-state index contributed by atoms with van der Waals surface area (Å²) >= 11 is 5.99. The fourth-order valence-electron chi connectivity index (χ4n) is 2.19. The van der Waals surface area contributed by atoms with Crippen molar-refractivity contribution in [1.29, 1.82) is 0 Å². The summed E-state index contributed by atoms with van der Waals surface area (Å²) in [6, 6.07) is 7.42. The molecule has 2 rings (SSSR count). The largest absolute Gasteiger partial charge is 0.327 e. The highest BCUT2D eigenvalue weighted by Gasteiger charge is 2.18. The lowest BCUT2D eigenvalue weighted by molar-refractivity contribution is -0.117. The molecular formula is C13H19Cl2N3O. The number of likely N-dealkylation sites (tertiary alicyclic amines) is 1. The Morgan fingerprint density at radius 3 is 2.89 bits per heavy atom. The first-order chi connectivity index (χ1) is 8.65. The van der Waals surface area contributed by atoms with Crippen LogP contribution in [0.1, 0.15) is 12.8 Å². The highest BCUT2D eigenvalue weighted by molar-refractivity contribution is 6.33. The Morgan fingerprint density at radius 2 is 2.21 bits per heavy atom. The Morgan fingerprint density at radius 1 is 1.47 bits per heavy atom. The van der Waals surface area contributed by atoms with Crippen LogP contribution in [0.25, 0.3) is 0 Å². The third-order valence-corrected chi connectivity index (χ3v) is 3.39. The van der Waals surface area contributed by atoms with Gasteiger partial charge in [0.1, 0.15) is 0 Å². The average molecular weight is 304 g/mol. The maximum absolute atomic E-state index is 11.9. The fourth-order valence-corrected chi connectivity index (χ4v) is 2.37. The molecule has 0 spiro atoms. The number of benzene rings is 1. The minimum atomic E-state index is -0.0443. The number of nitrogens with one attached hydrogen (secondary N) is 1. The van der Waals surface area contributed by atoms with Crippen molar-refractivity contribution in [2.75, 3.05) is 25.0 Å². The lowest BCUT2D eigenvalue weighted by Crippen LogP contribution is -2.45. The summed E-state index contributed by atoms with van der Waals surface area (Å²) in [6.07, 6.45) is 2.10. The normalized spacial score (nSPS) is 19.6. The van der Waals surface area contributed by atoms with Crippen molar-refractivity contribution >= 4 is 35.6 Å². The molecule has 3 N–H and O–H groups in total. The second-order valence-corrected chi connectivity index (χ2v) is 5.07. The molecule has 1 aromatic carbocycles. The minimum absolute atomic E-state index is 0. The van der Waals surface area contributed by atoms with Crippen LogP contribution in [0.4, 0.5) is 5.69 Å². The van der Waals surface area contributed by atoms with E-state index in [1.54, 1.807) is 12.1 Å². The molecule has 1 saturated heterocycles. The first-order valence-corrected chi connectivity index (χ1v) is 6.55. The maximum Gasteiger partial charge on any atom is 0.238 e. The summed E-state index contributed by atoms with van der Waals surface area (Å²) in [5.41, 5.74) is 6.54. The van der Waals surface area contributed by atoms with Gasteiger partial charge in [0.15, 0.2) is 0 Å². The Kier molecular flexibility index (Phi) is 6.58. The van der Waals surface area contributed by atoms with Crippen LogP contribution in [-0.2, 0) is 4.79 Å². The topological polar surface area (TPSA) is 58.4 Å². The van der Waals surface area contributed by atoms with Crippen LogP contribution in [0.2, 0.25) is 5.02 Å². The van der Waals surface area contributed by atoms with Gasteiger partial charge in [0.2, 0.25) is 5.91 Å². The predicted molar refractivity (Wildman–Crippen MR) is 81.0 cm³/mol. The van der Waals surface area contributed by atoms with Crippen molar-refractivity contribution < 1.29 is 4.79 Å². The summed E-state index contributed by atoms with van der Waals surface area (Å²) in [6.45, 7) is 2.10. The Hall–Kier alpha value is -0.810. The summed E-state index contributed by atoms with van der Waals surface area (Å²) in [7, 11) is 0. The number of rotatable bonds is 3. The molecule has 1 aliphatic rings. The first kappa shape index (κ1) is 16.2. The van der Waals surface area contributed by atoms with Crippen molar-refractivity contribution in [3.63, 3.8) is 0 Å². The van der Waals surface area contributed by atoms with Gasteiger partial charge < -0.3 is 11.1 Å². The first-order valence-electron chi connectivity index (χ1n) is 6.17. The van der Waals surface area contributed by atoms with Crippen LogP contribution in [0.5, 0.6) is 0 Å². The Balaban J connectivity index is 0.00000180. The number of hydrogen-bond donors (Lipinski definition) is 2. The minimum Gasteiger partial charge on any atom is -0.327 e. The van der Waals surface area contributed by atoms with Crippen LogP contribution in [0.3, 0.4) is 0 Å². The molecule has 1 aromatic rings. The van der Waals surface area contributed by atoms with Crippen molar-refractivity contribution in [2.45, 2.75) is 18.9 Å². The van der Waals surface area contributed by atoms with Gasteiger partial charge in [0.05, 0.1) is 17.3 Å². The van der Waals surface area contributed by atoms with E-state index in [2.05, 4.69) is 10.2 Å². The van der Waals surface area contributed by atoms with Crippen molar-refractivity contribution in [1.82, 2.24) is 4.90 Å². The van der Waals surface area contributed by atoms with E-state index in [0.717, 1.165) is 25.9 Å². The number of nitrogens with zero attached hydrogens (tertiary/aromatic N) is 1. The molecule has 0 aromatic heterocycles. The van der Waals surface area contributed by atoms with E-state index in [0.29, 0.717) is 17.3 Å². The molecule has 1 heterocycles. The molecule has 106 valence electrons. The molecule has 6 heteroatoms. The highest BCUT2D eigenvalue weighted by Crippen LogP contribution is 2.20. The summed E-state index contributed by atoms with van der Waals surface area (Å²) in [4.78, 5) is 14.0. The molecule has 0 saturated carbocycles. The Labute approximate surface area is 124 Å². The van der Waals surface area contributed by atoms with Gasteiger partial charge in [-0.25, -0.2) is 0 Å². The number of para-hydroxylation sites is 1. The van der Waals surface area contributed by atoms with Crippen LogP contribution in [-0.4, -0.2) is 36.5 Å². The van der Waals surface area contributed by atoms with E-state index in [4.69, 9.17) is 17.3 Å². The molecule has 0 bridgehead atoms. The summed E-state index contributed by atoms with van der Waals surface area (Å²) in [5.74, 6) is -0.0443. The van der Waals surface area contributed by atoms with Gasteiger partial charge in [-0.05, 0) is 31.5 Å². The van der Waals surface area contributed by atoms with Gasteiger partial charge in [0.25, 0.3) is 0 Å². The van der Waals surface area contributed by atoms with Crippen LogP contribution >= 0.6 is 24.0 Å². The lowest BCUT2D eigenvalue weighted by atomic mass is 10.1. The zero-order chi connectivity index (χ0) is 13.0. The van der Waals surface area contributed by atoms with Crippen LogP contribution in [0.15, 0.2) is 24.3 Å². The standard InChI is InChI=1S/C13H18ClN3O.ClH/c14-11-5-1-2-6-12(11)16-13(18)9-17-7-3-4-10(15)8-17;/h1-2,5-6,10H,3-4,7-9,15H2,(H,16,18);1H/t10-;/m1./s1. The molecule has 0 radical (unpaired) electrons. The van der Waals surface area contributed by atoms with Crippen LogP contribution in [0, 0.1) is 0 Å². The van der Waals surface area contributed by atoms with Gasteiger partial charge >= 0.3 is 0 Å². The van der Waals surface area contributed by atoms with Gasteiger partial charge in [-0.1, -0.05) is 23.7 Å². The van der Waals surface area contributed by atoms with Crippen molar-refractivity contribution in [3.8, 4) is 0 Å². The van der Waals surface area contributed by atoms with Gasteiger partial charge in [-0.2, -0.15) is 0 Å². The second kappa shape index (κ2) is 7.70. The molecule has 19 heavy (non-hydrogen) atoms. The number of anilines is 1. The second-order valence-electron chi connectivity index (χ2n) is 4.67. The highest BCUT2D eigenvalue weighted by atomic mass is 35.5. The molecule has 0 unspecified atom stereocenters. The molecular weight excluding hydrogens is 285 g/mol. The van der Waals surface area contributed by atoms with Gasteiger partial charge in [-0.3, -0.25) is 9.69 Å². The van der Waals surface area contributed by atoms with Crippen LogP contribution < -0.4 is 11.1 Å². The monoisotopic (exact) mass is 303 g/mol. The van der Waals surface area contributed by atoms with Gasteiger partial charge in [0, 0.05) is 12.6 Å². The van der Waals surface area contributed by atoms with E-state index in [1.807, 2.05) is 12.1 Å². The van der Waals surface area contributed by atoms with E-state index >= 15 is 0 Å². The average Bonchev–Trinajstić information content (AvgIpc) is 2.32. The molecule has 1 aliphatic heterocycles. The predicted octanol–water partition coefficient (Wildman–Crippen LogP) is 2.12. The number of carbonyl (C=O) groups is 1. The SMILES string of the molecule is Cl.N[C@@H]1CCCN(CC(=O)Nc2ccccc2Cl)C1. The van der Waals surface area contributed by atoms with E-state index in [1.165, 1.54) is 0 Å². The summed E-state index contributed by atoms with van der Waals surface area (Å²) in [5, 5.41) is 3.38. The Bertz CT molecular complexity index is 428. The molecule has 4 nitrogen and oxygen atoms in total. The fraction of sp³-hybridized carbons (Fsp3) is 0.462. The van der Waals surface area contributed by atoms with Crippen molar-refractivity contribution in [3.05, 3.63) is 29.3 Å². The van der Waals surface area contributed by atoms with Gasteiger partial charge in [-0.15, -0.1) is 12.4 Å². The zero-order valence-electron chi connectivity index (χ0n) is 10.6. The van der Waals surface area contributed by atoms with E-state index in [9.17, 15) is 4.79 Å². The lowest BCUT2D eigenvalue weighted by Gasteiger charge is -2.29. The molecule has 1 amide bonds. The smallest absolute Gasteiger partial charge is 0.238 e. The van der Waals surface area contributed by atoms with E-state index < -0.39 is 0 Å². The third kappa shape index (κ3) is 4.99. The van der Waals surface area contributed by atoms with Crippen molar-refractivity contribution in [2.24, 2.45) is 5.73 Å². The maximum atomic E-state index is 11.9. The number of piperidine rings is 1. The number of amides is 1. The quantitative estimate of drug-likeness (QED) is 0.899. The number of carbonyl (C=O) groups excluding carboxylic acids is 1. The molecule has 1 atom stereocenters. The number of hydrogen-bond acceptors (Lipinski definition) is 3. The number of halogens is 2. The van der Waals surface area contributed by atoms with E-state index in [-0.39, 0.29) is 24.4 Å². The molecule has 0 aliphatic carbocycles. The molecule has 1 fully saturated rings. The summed E-state index contributed by atoms with van der Waals surface area (Å²) < 4.78 is 0. The zero-order valence-corrected chi connectivity index (χ0v) is 12.2. The number of nitrogens with two attached hydrogens (primary N) is 1. The third-order valence-electron chi connectivity index (χ3n) is 3.06.